The molecule has 0 aliphatic heterocycles. The van der Waals surface area contributed by atoms with Crippen LogP contribution in [0.1, 0.15) is 43.7 Å². The van der Waals surface area contributed by atoms with E-state index >= 15 is 0 Å². The van der Waals surface area contributed by atoms with Crippen LogP contribution in [0.5, 0.6) is 0 Å². The van der Waals surface area contributed by atoms with Crippen molar-refractivity contribution in [1.82, 2.24) is 5.32 Å². The Hall–Kier alpha value is -0.410. The molecule has 1 heterocycles. The Morgan fingerprint density at radius 2 is 2.25 bits per heavy atom. The first-order chi connectivity index (χ1) is 7.90. The minimum absolute atomic E-state index is 0.436. The van der Waals surface area contributed by atoms with Crippen LogP contribution in [0, 0.1) is 0 Å². The highest BCUT2D eigenvalue weighted by atomic mass is 32.2. The zero-order valence-electron chi connectivity index (χ0n) is 9.95. The van der Waals surface area contributed by atoms with Crippen LogP contribution >= 0.6 is 11.8 Å². The first-order valence-electron chi connectivity index (χ1n) is 6.21. The van der Waals surface area contributed by atoms with E-state index in [-0.39, 0.29) is 0 Å². The lowest BCUT2D eigenvalue weighted by molar-refractivity contribution is 0.514. The van der Waals surface area contributed by atoms with Crippen molar-refractivity contribution < 1.29 is 4.42 Å². The van der Waals surface area contributed by atoms with Crippen LogP contribution in [0.4, 0.5) is 0 Å². The maximum Gasteiger partial charge on any atom is 0.0950 e. The minimum atomic E-state index is 0.436. The number of hydrogen-bond acceptors (Lipinski definition) is 3. The van der Waals surface area contributed by atoms with Gasteiger partial charge in [0, 0.05) is 22.6 Å². The van der Waals surface area contributed by atoms with E-state index in [4.69, 9.17) is 4.42 Å². The number of thioether (sulfide) groups is 1. The Labute approximate surface area is 102 Å². The van der Waals surface area contributed by atoms with Gasteiger partial charge in [-0.25, -0.2) is 0 Å². The fourth-order valence-electron chi connectivity index (χ4n) is 2.28. The second-order valence-corrected chi connectivity index (χ2v) is 5.82. The summed E-state index contributed by atoms with van der Waals surface area (Å²) >= 11 is 2.12. The predicted octanol–water partition coefficient (Wildman–Crippen LogP) is 3.61. The maximum atomic E-state index is 5.14. The highest BCUT2D eigenvalue weighted by Gasteiger charge is 2.17. The van der Waals surface area contributed by atoms with Crippen LogP contribution in [0.3, 0.4) is 0 Å². The Morgan fingerprint density at radius 1 is 1.44 bits per heavy atom. The second kappa shape index (κ2) is 6.36. The molecule has 1 atom stereocenters. The second-order valence-electron chi connectivity index (χ2n) is 4.49. The van der Waals surface area contributed by atoms with E-state index in [0.29, 0.717) is 6.04 Å². The normalized spacial score (nSPS) is 19.8. The van der Waals surface area contributed by atoms with Gasteiger partial charge in [-0.2, -0.15) is 11.8 Å². The largest absolute Gasteiger partial charge is 0.472 e. The predicted molar refractivity (Wildman–Crippen MR) is 69.8 cm³/mol. The van der Waals surface area contributed by atoms with E-state index in [0.717, 1.165) is 11.0 Å². The van der Waals surface area contributed by atoms with Crippen molar-refractivity contribution in [3.05, 3.63) is 24.2 Å². The molecule has 2 rings (SSSR count). The van der Waals surface area contributed by atoms with Gasteiger partial charge in [0.1, 0.15) is 0 Å². The average molecular weight is 239 g/mol. The molecular weight excluding hydrogens is 218 g/mol. The van der Waals surface area contributed by atoms with E-state index < -0.39 is 0 Å². The molecule has 1 aromatic heterocycles. The molecule has 1 unspecified atom stereocenters. The molecule has 1 fully saturated rings. The summed E-state index contributed by atoms with van der Waals surface area (Å²) in [5, 5.41) is 4.25. The SMILES string of the molecule is CNC(CSC1CCCCC1)c1ccoc1. The highest BCUT2D eigenvalue weighted by Crippen LogP contribution is 2.30. The molecule has 0 radical (unpaired) electrons. The van der Waals surface area contributed by atoms with E-state index in [1.165, 1.54) is 37.7 Å². The maximum absolute atomic E-state index is 5.14. The first-order valence-corrected chi connectivity index (χ1v) is 7.26. The molecule has 2 nitrogen and oxygen atoms in total. The summed E-state index contributed by atoms with van der Waals surface area (Å²) in [6, 6.07) is 2.49. The molecule has 0 spiro atoms. The molecule has 0 bridgehead atoms. The van der Waals surface area contributed by atoms with Crippen LogP contribution < -0.4 is 5.32 Å². The van der Waals surface area contributed by atoms with Crippen LogP contribution in [0.2, 0.25) is 0 Å². The molecule has 1 aromatic rings. The molecule has 16 heavy (non-hydrogen) atoms. The van der Waals surface area contributed by atoms with Crippen molar-refractivity contribution in [3.63, 3.8) is 0 Å². The Kier molecular flexibility index (Phi) is 4.79. The van der Waals surface area contributed by atoms with Crippen molar-refractivity contribution >= 4 is 11.8 Å². The number of rotatable bonds is 5. The quantitative estimate of drug-likeness (QED) is 0.850. The van der Waals surface area contributed by atoms with Gasteiger partial charge >= 0.3 is 0 Å². The molecule has 1 aliphatic carbocycles. The lowest BCUT2D eigenvalue weighted by Crippen LogP contribution is -2.20. The van der Waals surface area contributed by atoms with Crippen molar-refractivity contribution in [1.29, 1.82) is 0 Å². The van der Waals surface area contributed by atoms with Crippen LogP contribution in [0.25, 0.3) is 0 Å². The zero-order valence-corrected chi connectivity index (χ0v) is 10.8. The van der Waals surface area contributed by atoms with E-state index in [2.05, 4.69) is 23.1 Å². The fraction of sp³-hybridized carbons (Fsp3) is 0.692. The van der Waals surface area contributed by atoms with Gasteiger partial charge in [-0.1, -0.05) is 19.3 Å². The lowest BCUT2D eigenvalue weighted by Gasteiger charge is -2.23. The van der Waals surface area contributed by atoms with Crippen LogP contribution in [-0.4, -0.2) is 18.1 Å². The third-order valence-electron chi connectivity index (χ3n) is 3.34. The lowest BCUT2D eigenvalue weighted by atomic mass is 10.0. The van der Waals surface area contributed by atoms with Gasteiger partial charge in [0.05, 0.1) is 12.5 Å². The monoisotopic (exact) mass is 239 g/mol. The van der Waals surface area contributed by atoms with Gasteiger partial charge in [0.25, 0.3) is 0 Å². The number of furan rings is 1. The standard InChI is InChI=1S/C13H21NOS/c1-14-13(11-7-8-15-9-11)10-16-12-5-3-2-4-6-12/h7-9,12-14H,2-6,10H2,1H3. The third kappa shape index (κ3) is 3.29. The zero-order chi connectivity index (χ0) is 11.2. The molecule has 0 amide bonds. The smallest absolute Gasteiger partial charge is 0.0950 e. The molecular formula is C13H21NOS. The van der Waals surface area contributed by atoms with Crippen molar-refractivity contribution in [2.75, 3.05) is 12.8 Å². The van der Waals surface area contributed by atoms with Gasteiger partial charge < -0.3 is 9.73 Å². The van der Waals surface area contributed by atoms with E-state index in [9.17, 15) is 0 Å². The number of nitrogens with one attached hydrogen (secondary N) is 1. The molecule has 3 heteroatoms. The topological polar surface area (TPSA) is 25.2 Å². The van der Waals surface area contributed by atoms with Gasteiger partial charge in [0.2, 0.25) is 0 Å². The first kappa shape index (κ1) is 12.1. The van der Waals surface area contributed by atoms with Crippen molar-refractivity contribution in [3.8, 4) is 0 Å². The number of hydrogen-bond donors (Lipinski definition) is 1. The molecule has 90 valence electrons. The summed E-state index contributed by atoms with van der Waals surface area (Å²) in [4.78, 5) is 0. The van der Waals surface area contributed by atoms with Gasteiger partial charge in [-0.15, -0.1) is 0 Å². The summed E-state index contributed by atoms with van der Waals surface area (Å²) in [5.74, 6) is 1.15. The highest BCUT2D eigenvalue weighted by molar-refractivity contribution is 7.99. The average Bonchev–Trinajstić information content (AvgIpc) is 2.85. The summed E-state index contributed by atoms with van der Waals surface area (Å²) in [5.41, 5.74) is 1.27. The van der Waals surface area contributed by atoms with Gasteiger partial charge in [-0.05, 0) is 26.0 Å². The van der Waals surface area contributed by atoms with Gasteiger partial charge in [-0.3, -0.25) is 0 Å². The summed E-state index contributed by atoms with van der Waals surface area (Å²) in [7, 11) is 2.03. The Bertz CT molecular complexity index is 280. The molecule has 1 N–H and O–H groups in total. The molecule has 0 aromatic carbocycles. The Balaban J connectivity index is 1.78. The van der Waals surface area contributed by atoms with E-state index in [1.807, 2.05) is 13.3 Å². The molecule has 1 aliphatic rings. The summed E-state index contributed by atoms with van der Waals surface area (Å²) in [6.45, 7) is 0. The minimum Gasteiger partial charge on any atom is -0.472 e. The van der Waals surface area contributed by atoms with Gasteiger partial charge in [0.15, 0.2) is 0 Å². The van der Waals surface area contributed by atoms with Crippen LogP contribution in [0.15, 0.2) is 23.0 Å². The Morgan fingerprint density at radius 3 is 2.88 bits per heavy atom. The van der Waals surface area contributed by atoms with Crippen molar-refractivity contribution in [2.45, 2.75) is 43.4 Å². The summed E-state index contributed by atoms with van der Waals surface area (Å²) in [6.07, 6.45) is 10.7. The fourth-order valence-corrected chi connectivity index (χ4v) is 3.77. The van der Waals surface area contributed by atoms with Crippen LogP contribution in [-0.2, 0) is 0 Å². The summed E-state index contributed by atoms with van der Waals surface area (Å²) < 4.78 is 5.14. The third-order valence-corrected chi connectivity index (χ3v) is 4.81. The molecule has 1 saturated carbocycles. The molecule has 0 saturated heterocycles. The van der Waals surface area contributed by atoms with E-state index in [1.54, 1.807) is 6.26 Å². The van der Waals surface area contributed by atoms with Crippen molar-refractivity contribution in [2.24, 2.45) is 0 Å².